The molecule has 6 nitrogen and oxygen atoms in total. The Morgan fingerprint density at radius 1 is 1.04 bits per heavy atom. The number of aryl methyl sites for hydroxylation is 2. The third-order valence-electron chi connectivity index (χ3n) is 3.51. The maximum absolute atomic E-state index is 12.8. The number of amides is 3. The summed E-state index contributed by atoms with van der Waals surface area (Å²) in [5, 5.41) is 4.64. The Balaban J connectivity index is 1.76. The smallest absolute Gasteiger partial charge is 0.325 e. The summed E-state index contributed by atoms with van der Waals surface area (Å²) < 4.78 is 17.6. The molecule has 0 atom stereocenters. The maximum Gasteiger partial charge on any atom is 0.325 e. The van der Waals surface area contributed by atoms with E-state index in [4.69, 9.17) is 4.74 Å². The van der Waals surface area contributed by atoms with E-state index in [1.165, 1.54) is 24.3 Å². The van der Waals surface area contributed by atoms with Crippen molar-refractivity contribution in [1.29, 1.82) is 0 Å². The number of hydrogen-bond donors (Lipinski definition) is 2. The molecule has 0 aliphatic rings. The Morgan fingerprint density at radius 3 is 2.38 bits per heavy atom. The Hall–Kier alpha value is -3.22. The molecule has 0 aromatic heterocycles. The lowest BCUT2D eigenvalue weighted by Gasteiger charge is -2.10. The van der Waals surface area contributed by atoms with Crippen LogP contribution >= 0.6 is 0 Å². The monoisotopic (exact) mass is 358 g/mol. The quantitative estimate of drug-likeness (QED) is 0.805. The fourth-order valence-corrected chi connectivity index (χ4v) is 2.24. The molecule has 0 aliphatic heterocycles. The highest BCUT2D eigenvalue weighted by atomic mass is 19.1. The van der Waals surface area contributed by atoms with Gasteiger partial charge in [0.05, 0.1) is 6.42 Å². The Labute approximate surface area is 150 Å². The largest absolute Gasteiger partial charge is 0.455 e. The number of halogens is 1. The second-order valence-electron chi connectivity index (χ2n) is 5.78. The number of imide groups is 1. The van der Waals surface area contributed by atoms with Gasteiger partial charge in [-0.25, -0.2) is 9.18 Å². The van der Waals surface area contributed by atoms with Gasteiger partial charge in [-0.1, -0.05) is 29.8 Å². The SMILES string of the molecule is Cc1ccc(NC(=O)NC(=O)COC(=O)Cc2ccc(F)cc2)c(C)c1. The van der Waals surface area contributed by atoms with Crippen LogP contribution in [-0.4, -0.2) is 24.5 Å². The van der Waals surface area contributed by atoms with Gasteiger partial charge >= 0.3 is 12.0 Å². The van der Waals surface area contributed by atoms with Crippen molar-refractivity contribution in [3.8, 4) is 0 Å². The molecule has 26 heavy (non-hydrogen) atoms. The highest BCUT2D eigenvalue weighted by Crippen LogP contribution is 2.15. The summed E-state index contributed by atoms with van der Waals surface area (Å²) in [4.78, 5) is 35.2. The Kier molecular flexibility index (Phi) is 6.43. The number of esters is 1. The van der Waals surface area contributed by atoms with E-state index in [0.717, 1.165) is 11.1 Å². The van der Waals surface area contributed by atoms with Crippen molar-refractivity contribution in [2.75, 3.05) is 11.9 Å². The molecule has 0 saturated carbocycles. The fraction of sp³-hybridized carbons (Fsp3) is 0.211. The standard InChI is InChI=1S/C19H19FN2O4/c1-12-3-8-16(13(2)9-12)21-19(25)22-17(23)11-26-18(24)10-14-4-6-15(20)7-5-14/h3-9H,10-11H2,1-2H3,(H2,21,22,23,25). The number of benzene rings is 2. The molecule has 136 valence electrons. The van der Waals surface area contributed by atoms with Crippen LogP contribution in [0.4, 0.5) is 14.9 Å². The van der Waals surface area contributed by atoms with Crippen LogP contribution in [0.3, 0.4) is 0 Å². The third-order valence-corrected chi connectivity index (χ3v) is 3.51. The van der Waals surface area contributed by atoms with E-state index in [9.17, 15) is 18.8 Å². The molecule has 2 aromatic carbocycles. The van der Waals surface area contributed by atoms with Gasteiger partial charge < -0.3 is 10.1 Å². The first-order valence-electron chi connectivity index (χ1n) is 7.91. The summed E-state index contributed by atoms with van der Waals surface area (Å²) in [6, 6.07) is 10.1. The zero-order valence-electron chi connectivity index (χ0n) is 14.5. The summed E-state index contributed by atoms with van der Waals surface area (Å²) >= 11 is 0. The van der Waals surface area contributed by atoms with Crippen LogP contribution < -0.4 is 10.6 Å². The van der Waals surface area contributed by atoms with Gasteiger partial charge in [0, 0.05) is 5.69 Å². The zero-order valence-corrected chi connectivity index (χ0v) is 14.5. The molecule has 0 unspecified atom stereocenters. The molecule has 0 aliphatic carbocycles. The van der Waals surface area contributed by atoms with Gasteiger partial charge in [-0.3, -0.25) is 14.9 Å². The van der Waals surface area contributed by atoms with Gasteiger partial charge in [0.15, 0.2) is 6.61 Å². The van der Waals surface area contributed by atoms with Gasteiger partial charge in [0.2, 0.25) is 0 Å². The van der Waals surface area contributed by atoms with E-state index < -0.39 is 30.3 Å². The summed E-state index contributed by atoms with van der Waals surface area (Å²) in [7, 11) is 0. The summed E-state index contributed by atoms with van der Waals surface area (Å²) in [6.07, 6.45) is -0.0949. The lowest BCUT2D eigenvalue weighted by Crippen LogP contribution is -2.37. The molecule has 0 spiro atoms. The number of carbonyl (C=O) groups is 3. The molecule has 0 heterocycles. The second kappa shape index (κ2) is 8.75. The number of ether oxygens (including phenoxy) is 1. The van der Waals surface area contributed by atoms with Crippen molar-refractivity contribution in [3.05, 3.63) is 65.0 Å². The fourth-order valence-electron chi connectivity index (χ4n) is 2.24. The molecule has 0 fully saturated rings. The summed E-state index contributed by atoms with van der Waals surface area (Å²) in [6.45, 7) is 3.18. The number of rotatable bonds is 5. The topological polar surface area (TPSA) is 84.5 Å². The van der Waals surface area contributed by atoms with Crippen molar-refractivity contribution in [3.63, 3.8) is 0 Å². The van der Waals surface area contributed by atoms with E-state index in [2.05, 4.69) is 10.6 Å². The number of hydrogen-bond acceptors (Lipinski definition) is 4. The molecular formula is C19H19FN2O4. The molecule has 3 amide bonds. The van der Waals surface area contributed by atoms with Crippen molar-refractivity contribution in [2.45, 2.75) is 20.3 Å². The number of carbonyl (C=O) groups excluding carboxylic acids is 3. The lowest BCUT2D eigenvalue weighted by molar-refractivity contribution is -0.147. The van der Waals surface area contributed by atoms with E-state index in [1.54, 1.807) is 6.07 Å². The van der Waals surface area contributed by atoms with Crippen LogP contribution in [0.5, 0.6) is 0 Å². The highest BCUT2D eigenvalue weighted by Gasteiger charge is 2.12. The number of anilines is 1. The maximum atomic E-state index is 12.8. The zero-order chi connectivity index (χ0) is 19.1. The Bertz CT molecular complexity index is 819. The summed E-state index contributed by atoms with van der Waals surface area (Å²) in [5.41, 5.74) is 3.05. The molecular weight excluding hydrogens is 339 g/mol. The Morgan fingerprint density at radius 2 is 1.73 bits per heavy atom. The molecule has 0 saturated heterocycles. The molecule has 7 heteroatoms. The van der Waals surface area contributed by atoms with Gasteiger partial charge in [-0.2, -0.15) is 0 Å². The minimum atomic E-state index is -0.750. The van der Waals surface area contributed by atoms with Crippen LogP contribution in [0.15, 0.2) is 42.5 Å². The first kappa shape index (κ1) is 19.1. The first-order valence-corrected chi connectivity index (χ1v) is 7.91. The van der Waals surface area contributed by atoms with Crippen LogP contribution in [0, 0.1) is 19.7 Å². The van der Waals surface area contributed by atoms with Crippen molar-refractivity contribution in [2.24, 2.45) is 0 Å². The molecule has 0 bridgehead atoms. The van der Waals surface area contributed by atoms with Crippen LogP contribution in [0.1, 0.15) is 16.7 Å². The normalized spacial score (nSPS) is 10.1. The number of urea groups is 1. The van der Waals surface area contributed by atoms with Gasteiger partial charge in [0.25, 0.3) is 5.91 Å². The number of nitrogens with one attached hydrogen (secondary N) is 2. The lowest BCUT2D eigenvalue weighted by atomic mass is 10.1. The molecule has 2 rings (SSSR count). The van der Waals surface area contributed by atoms with Crippen LogP contribution in [0.2, 0.25) is 0 Å². The van der Waals surface area contributed by atoms with Gasteiger partial charge in [0.1, 0.15) is 5.82 Å². The van der Waals surface area contributed by atoms with E-state index >= 15 is 0 Å². The highest BCUT2D eigenvalue weighted by molar-refractivity contribution is 6.02. The van der Waals surface area contributed by atoms with Gasteiger partial charge in [-0.15, -0.1) is 0 Å². The molecule has 2 N–H and O–H groups in total. The van der Waals surface area contributed by atoms with Crippen molar-refractivity contribution >= 4 is 23.6 Å². The minimum absolute atomic E-state index is 0.0949. The van der Waals surface area contributed by atoms with E-state index in [1.807, 2.05) is 26.0 Å². The predicted molar refractivity (Wildman–Crippen MR) is 94.1 cm³/mol. The first-order chi connectivity index (χ1) is 12.3. The average molecular weight is 358 g/mol. The van der Waals surface area contributed by atoms with Gasteiger partial charge in [-0.05, 0) is 43.2 Å². The third kappa shape index (κ3) is 6.01. The predicted octanol–water partition coefficient (Wildman–Crippen LogP) is 2.88. The van der Waals surface area contributed by atoms with E-state index in [0.29, 0.717) is 11.3 Å². The van der Waals surface area contributed by atoms with E-state index in [-0.39, 0.29) is 6.42 Å². The van der Waals surface area contributed by atoms with Crippen molar-refractivity contribution < 1.29 is 23.5 Å². The minimum Gasteiger partial charge on any atom is -0.455 e. The van der Waals surface area contributed by atoms with Crippen molar-refractivity contribution in [1.82, 2.24) is 5.32 Å². The van der Waals surface area contributed by atoms with Crippen LogP contribution in [0.25, 0.3) is 0 Å². The second-order valence-corrected chi connectivity index (χ2v) is 5.78. The average Bonchev–Trinajstić information content (AvgIpc) is 2.58. The van der Waals surface area contributed by atoms with Crippen LogP contribution in [-0.2, 0) is 20.7 Å². The molecule has 0 radical (unpaired) electrons. The summed E-state index contributed by atoms with van der Waals surface area (Å²) in [5.74, 6) is -1.81. The molecule has 2 aromatic rings.